The second-order valence-corrected chi connectivity index (χ2v) is 13.0. The number of ether oxygens (including phenoxy) is 1. The summed E-state index contributed by atoms with van der Waals surface area (Å²) >= 11 is 4.71. The van der Waals surface area contributed by atoms with Gasteiger partial charge in [-0.05, 0) is 85.6 Å². The van der Waals surface area contributed by atoms with E-state index < -0.39 is 18.3 Å². The quantitative estimate of drug-likeness (QED) is 0.318. The maximum absolute atomic E-state index is 13.1. The van der Waals surface area contributed by atoms with Crippen LogP contribution in [-0.4, -0.2) is 67.0 Å². The molecule has 3 aromatic rings. The van der Waals surface area contributed by atoms with E-state index >= 15 is 0 Å². The lowest BCUT2D eigenvalue weighted by Crippen LogP contribution is -2.48. The van der Waals surface area contributed by atoms with E-state index in [2.05, 4.69) is 100 Å². The predicted molar refractivity (Wildman–Crippen MR) is 166 cm³/mol. The van der Waals surface area contributed by atoms with Gasteiger partial charge in [0.1, 0.15) is 6.61 Å². The average Bonchev–Trinajstić information content (AvgIpc) is 3.38. The van der Waals surface area contributed by atoms with Gasteiger partial charge in [0.05, 0.1) is 11.2 Å². The molecule has 6 nitrogen and oxygen atoms in total. The first-order valence-corrected chi connectivity index (χ1v) is 15.0. The second-order valence-electron chi connectivity index (χ2n) is 12.5. The SMILES string of the molecule is Cc1c(CN2CCN(C(=O)OCC3c4ccccc4-c4ccccc43)CC2)cc(S)cc1B1OC(C)(C)C(C)(C)O1. The van der Waals surface area contributed by atoms with E-state index in [4.69, 9.17) is 26.7 Å². The lowest BCUT2D eigenvalue weighted by molar-refractivity contribution is 0.00578. The van der Waals surface area contributed by atoms with Crippen molar-refractivity contribution in [1.82, 2.24) is 9.80 Å². The molecule has 2 heterocycles. The van der Waals surface area contributed by atoms with Crippen LogP contribution < -0.4 is 5.46 Å². The number of carbonyl (C=O) groups excluding carboxylic acids is 1. The summed E-state index contributed by atoms with van der Waals surface area (Å²) in [7, 11) is -0.420. The summed E-state index contributed by atoms with van der Waals surface area (Å²) in [5.41, 5.74) is 7.54. The molecule has 41 heavy (non-hydrogen) atoms. The molecule has 214 valence electrons. The molecule has 3 aromatic carbocycles. The molecule has 8 heteroatoms. The fourth-order valence-electron chi connectivity index (χ4n) is 6.18. The second kappa shape index (κ2) is 10.8. The summed E-state index contributed by atoms with van der Waals surface area (Å²) in [5.74, 6) is 0.0716. The molecule has 0 atom stereocenters. The highest BCUT2D eigenvalue weighted by Crippen LogP contribution is 2.44. The number of nitrogens with zero attached hydrogens (tertiary/aromatic N) is 2. The summed E-state index contributed by atoms with van der Waals surface area (Å²) in [6.45, 7) is 14.4. The van der Waals surface area contributed by atoms with Gasteiger partial charge in [0, 0.05) is 43.5 Å². The Morgan fingerprint density at radius 2 is 1.49 bits per heavy atom. The third-order valence-electron chi connectivity index (χ3n) is 9.41. The highest BCUT2D eigenvalue weighted by molar-refractivity contribution is 7.80. The molecule has 6 rings (SSSR count). The maximum atomic E-state index is 13.1. The molecule has 0 bridgehead atoms. The minimum Gasteiger partial charge on any atom is -0.448 e. The third-order valence-corrected chi connectivity index (χ3v) is 9.67. The number of fused-ring (bicyclic) bond motifs is 3. The Bertz CT molecular complexity index is 1410. The summed E-state index contributed by atoms with van der Waals surface area (Å²) in [6.07, 6.45) is -0.233. The van der Waals surface area contributed by atoms with E-state index in [1.54, 1.807) is 0 Å². The average molecular weight is 571 g/mol. The van der Waals surface area contributed by atoms with Gasteiger partial charge in [-0.15, -0.1) is 12.6 Å². The Morgan fingerprint density at radius 3 is 2.07 bits per heavy atom. The Balaban J connectivity index is 1.06. The first-order chi connectivity index (χ1) is 19.5. The van der Waals surface area contributed by atoms with E-state index in [1.165, 1.54) is 33.4 Å². The standard InChI is InChI=1S/C33H39BN2O4S/c1-22-23(18-24(41)19-30(22)34-39-32(2,3)33(4,5)40-34)20-35-14-16-36(17-15-35)31(37)38-21-29-27-12-8-6-10-25(27)26-11-7-9-13-28(26)29/h6-13,18-19,29,41H,14-17,20-21H2,1-5H3. The van der Waals surface area contributed by atoms with Crippen molar-refractivity contribution in [2.45, 2.75) is 63.2 Å². The van der Waals surface area contributed by atoms with Gasteiger partial charge in [0.2, 0.25) is 0 Å². The molecule has 0 saturated carbocycles. The highest BCUT2D eigenvalue weighted by atomic mass is 32.1. The minimum absolute atomic E-state index is 0.0716. The molecule has 0 N–H and O–H groups in total. The molecule has 1 amide bonds. The van der Waals surface area contributed by atoms with E-state index in [0.29, 0.717) is 19.7 Å². The van der Waals surface area contributed by atoms with Crippen LogP contribution in [0.2, 0.25) is 0 Å². The summed E-state index contributed by atoms with van der Waals surface area (Å²) < 4.78 is 18.6. The van der Waals surface area contributed by atoms with Gasteiger partial charge in [-0.3, -0.25) is 4.90 Å². The number of thiol groups is 1. The fourth-order valence-corrected chi connectivity index (χ4v) is 6.47. The zero-order valence-corrected chi connectivity index (χ0v) is 25.5. The predicted octanol–water partition coefficient (Wildman–Crippen LogP) is 5.65. The van der Waals surface area contributed by atoms with Crippen molar-refractivity contribution in [3.05, 3.63) is 82.9 Å². The van der Waals surface area contributed by atoms with Gasteiger partial charge >= 0.3 is 13.2 Å². The van der Waals surface area contributed by atoms with Crippen molar-refractivity contribution >= 4 is 31.3 Å². The van der Waals surface area contributed by atoms with Crippen molar-refractivity contribution < 1.29 is 18.8 Å². The normalized spacial score (nSPS) is 19.8. The zero-order valence-electron chi connectivity index (χ0n) is 24.6. The van der Waals surface area contributed by atoms with Crippen LogP contribution in [0.1, 0.15) is 55.9 Å². The molecular weight excluding hydrogens is 531 g/mol. The Morgan fingerprint density at radius 1 is 0.927 bits per heavy atom. The molecule has 0 unspecified atom stereocenters. The van der Waals surface area contributed by atoms with Crippen LogP contribution in [0.25, 0.3) is 11.1 Å². The topological polar surface area (TPSA) is 51.2 Å². The van der Waals surface area contributed by atoms with Crippen LogP contribution >= 0.6 is 12.6 Å². The molecule has 3 aliphatic rings. The van der Waals surface area contributed by atoms with Gasteiger partial charge < -0.3 is 18.9 Å². The van der Waals surface area contributed by atoms with Crippen LogP contribution in [0.15, 0.2) is 65.6 Å². The molecule has 2 saturated heterocycles. The molecule has 0 aromatic heterocycles. The Hall–Kier alpha value is -2.78. The van der Waals surface area contributed by atoms with Gasteiger partial charge in [-0.2, -0.15) is 0 Å². The van der Waals surface area contributed by atoms with Crippen molar-refractivity contribution in [3.8, 4) is 11.1 Å². The fraction of sp³-hybridized carbons (Fsp3) is 0.424. The largest absolute Gasteiger partial charge is 0.495 e. The van der Waals surface area contributed by atoms with Crippen molar-refractivity contribution in [3.63, 3.8) is 0 Å². The van der Waals surface area contributed by atoms with E-state index in [9.17, 15) is 4.79 Å². The van der Waals surface area contributed by atoms with Crippen LogP contribution in [0.3, 0.4) is 0 Å². The van der Waals surface area contributed by atoms with Crippen molar-refractivity contribution in [1.29, 1.82) is 0 Å². The molecule has 1 aliphatic carbocycles. The number of hydrogen-bond acceptors (Lipinski definition) is 6. The zero-order chi connectivity index (χ0) is 28.9. The van der Waals surface area contributed by atoms with Gasteiger partial charge in [0.25, 0.3) is 0 Å². The highest BCUT2D eigenvalue weighted by Gasteiger charge is 2.52. The maximum Gasteiger partial charge on any atom is 0.495 e. The molecule has 0 radical (unpaired) electrons. The van der Waals surface area contributed by atoms with Crippen molar-refractivity contribution in [2.24, 2.45) is 0 Å². The van der Waals surface area contributed by atoms with Crippen LogP contribution in [-0.2, 0) is 20.6 Å². The van der Waals surface area contributed by atoms with Gasteiger partial charge in [-0.25, -0.2) is 4.79 Å². The Labute approximate surface area is 249 Å². The summed E-state index contributed by atoms with van der Waals surface area (Å²) in [5, 5.41) is 0. The van der Waals surface area contributed by atoms with E-state index in [0.717, 1.165) is 30.0 Å². The van der Waals surface area contributed by atoms with Gasteiger partial charge in [-0.1, -0.05) is 48.5 Å². The number of piperazine rings is 1. The molecule has 2 fully saturated rings. The number of benzene rings is 3. The smallest absolute Gasteiger partial charge is 0.448 e. The summed E-state index contributed by atoms with van der Waals surface area (Å²) in [6, 6.07) is 21.0. The summed E-state index contributed by atoms with van der Waals surface area (Å²) in [4.78, 5) is 18.2. The monoisotopic (exact) mass is 570 g/mol. The van der Waals surface area contributed by atoms with Crippen molar-refractivity contribution in [2.75, 3.05) is 32.8 Å². The molecular formula is C33H39BN2O4S. The molecule has 2 aliphatic heterocycles. The first kappa shape index (κ1) is 28.3. The number of carbonyl (C=O) groups is 1. The van der Waals surface area contributed by atoms with E-state index in [-0.39, 0.29) is 12.0 Å². The minimum atomic E-state index is -0.420. The van der Waals surface area contributed by atoms with E-state index in [1.807, 2.05) is 4.90 Å². The van der Waals surface area contributed by atoms with Crippen LogP contribution in [0, 0.1) is 6.92 Å². The van der Waals surface area contributed by atoms with Crippen LogP contribution in [0.5, 0.6) is 0 Å². The molecule has 0 spiro atoms. The number of hydrogen-bond donors (Lipinski definition) is 1. The lowest BCUT2D eigenvalue weighted by atomic mass is 9.75. The number of rotatable bonds is 5. The first-order valence-electron chi connectivity index (χ1n) is 14.5. The third kappa shape index (κ3) is 5.31. The lowest BCUT2D eigenvalue weighted by Gasteiger charge is -2.34. The Kier molecular flexibility index (Phi) is 7.47. The van der Waals surface area contributed by atoms with Crippen LogP contribution in [0.4, 0.5) is 4.79 Å². The van der Waals surface area contributed by atoms with Gasteiger partial charge in [0.15, 0.2) is 0 Å². The number of amides is 1.